The van der Waals surface area contributed by atoms with Crippen LogP contribution in [0.25, 0.3) is 11.2 Å². The molecule has 30 heavy (non-hydrogen) atoms. The normalized spacial score (nSPS) is 19.4. The van der Waals surface area contributed by atoms with Gasteiger partial charge in [0.05, 0.1) is 12.6 Å². The number of aromatic nitrogens is 4. The quantitative estimate of drug-likeness (QED) is 0.660. The minimum Gasteiger partial charge on any atom is -0.326 e. The highest BCUT2D eigenvalue weighted by atomic mass is 16.2. The number of fused-ring (bicyclic) bond motifs is 1. The van der Waals surface area contributed by atoms with Crippen LogP contribution in [-0.2, 0) is 33.6 Å². The molecule has 1 saturated heterocycles. The summed E-state index contributed by atoms with van der Waals surface area (Å²) in [5, 5.41) is 0. The van der Waals surface area contributed by atoms with Crippen LogP contribution in [0.2, 0.25) is 0 Å². The molecule has 3 aromatic rings. The van der Waals surface area contributed by atoms with E-state index in [1.807, 2.05) is 6.07 Å². The Bertz CT molecular complexity index is 1140. The summed E-state index contributed by atoms with van der Waals surface area (Å²) in [6.07, 6.45) is 5.60. The summed E-state index contributed by atoms with van der Waals surface area (Å²) in [6, 6.07) is 11.0. The van der Waals surface area contributed by atoms with Crippen LogP contribution < -0.4 is 16.1 Å². The standard InChI is InChI=1S/C23H31N5O2/c1-17-10-7-8-14-27(17)16-19-24-21-20(22(29)26(3)23(30)25(21)2)28(19)15-9-13-18-11-5-4-6-12-18/h4-6,11-12,17H,7-10,13-16H2,1-3H3/p+1/t17-/m0/s1. The number of hydrogen-bond acceptors (Lipinski definition) is 3. The van der Waals surface area contributed by atoms with Crippen LogP contribution in [0.15, 0.2) is 39.9 Å². The summed E-state index contributed by atoms with van der Waals surface area (Å²) in [5.41, 5.74) is 1.76. The summed E-state index contributed by atoms with van der Waals surface area (Å²) in [7, 11) is 3.24. The van der Waals surface area contributed by atoms with Crippen molar-refractivity contribution in [2.45, 2.75) is 58.2 Å². The first-order valence-corrected chi connectivity index (χ1v) is 11.0. The van der Waals surface area contributed by atoms with Crippen LogP contribution in [0.1, 0.15) is 44.0 Å². The lowest BCUT2D eigenvalue weighted by Crippen LogP contribution is -3.15. The number of nitrogens with one attached hydrogen (secondary N) is 1. The zero-order valence-electron chi connectivity index (χ0n) is 18.2. The molecule has 3 heterocycles. The molecular formula is C23H32N5O2+. The van der Waals surface area contributed by atoms with Gasteiger partial charge in [0.15, 0.2) is 17.0 Å². The molecule has 0 bridgehead atoms. The van der Waals surface area contributed by atoms with Crippen molar-refractivity contribution >= 4 is 11.2 Å². The van der Waals surface area contributed by atoms with Crippen LogP contribution in [0, 0.1) is 0 Å². The van der Waals surface area contributed by atoms with E-state index >= 15 is 0 Å². The number of piperidine rings is 1. The summed E-state index contributed by atoms with van der Waals surface area (Å²) in [4.78, 5) is 31.8. The van der Waals surface area contributed by atoms with Crippen molar-refractivity contribution in [3.05, 3.63) is 62.6 Å². The molecule has 160 valence electrons. The number of nitrogens with zero attached hydrogens (tertiary/aromatic N) is 4. The second-order valence-corrected chi connectivity index (χ2v) is 8.63. The molecule has 0 aliphatic carbocycles. The van der Waals surface area contributed by atoms with E-state index in [1.165, 1.54) is 38.9 Å². The molecule has 0 saturated carbocycles. The summed E-state index contributed by atoms with van der Waals surface area (Å²) in [6.45, 7) is 4.94. The highest BCUT2D eigenvalue weighted by Gasteiger charge is 2.26. The number of hydrogen-bond donors (Lipinski definition) is 1. The molecule has 1 aliphatic heterocycles. The molecule has 2 aromatic heterocycles. The lowest BCUT2D eigenvalue weighted by molar-refractivity contribution is -0.942. The van der Waals surface area contributed by atoms with Crippen LogP contribution >= 0.6 is 0 Å². The maximum absolute atomic E-state index is 13.0. The van der Waals surface area contributed by atoms with E-state index in [4.69, 9.17) is 4.98 Å². The number of rotatable bonds is 6. The van der Waals surface area contributed by atoms with Gasteiger partial charge in [-0.05, 0) is 44.6 Å². The molecule has 4 rings (SSSR count). The summed E-state index contributed by atoms with van der Waals surface area (Å²) < 4.78 is 4.77. The molecule has 0 amide bonds. The van der Waals surface area contributed by atoms with Gasteiger partial charge in [-0.25, -0.2) is 9.78 Å². The molecular weight excluding hydrogens is 378 g/mol. The Morgan fingerprint density at radius 2 is 1.87 bits per heavy atom. The Kier molecular flexibility index (Phi) is 5.90. The van der Waals surface area contributed by atoms with Gasteiger partial charge in [-0.1, -0.05) is 30.3 Å². The zero-order valence-corrected chi connectivity index (χ0v) is 18.2. The van der Waals surface area contributed by atoms with E-state index in [2.05, 4.69) is 35.8 Å². The Hall–Kier alpha value is -2.67. The molecule has 1 fully saturated rings. The highest BCUT2D eigenvalue weighted by molar-refractivity contribution is 5.71. The van der Waals surface area contributed by atoms with Crippen LogP contribution in [0.4, 0.5) is 0 Å². The lowest BCUT2D eigenvalue weighted by Gasteiger charge is -2.30. The number of likely N-dealkylation sites (tertiary alicyclic amines) is 1. The third-order valence-electron chi connectivity index (χ3n) is 6.58. The molecule has 2 atom stereocenters. The van der Waals surface area contributed by atoms with Gasteiger partial charge in [0.1, 0.15) is 6.54 Å². The number of imidazole rings is 1. The van der Waals surface area contributed by atoms with Crippen molar-refractivity contribution in [2.24, 2.45) is 14.1 Å². The number of aryl methyl sites for hydroxylation is 3. The minimum atomic E-state index is -0.327. The van der Waals surface area contributed by atoms with Crippen molar-refractivity contribution < 1.29 is 4.90 Å². The lowest BCUT2D eigenvalue weighted by atomic mass is 10.0. The highest BCUT2D eigenvalue weighted by Crippen LogP contribution is 2.14. The van der Waals surface area contributed by atoms with Crippen LogP contribution in [0.5, 0.6) is 0 Å². The van der Waals surface area contributed by atoms with Gasteiger partial charge < -0.3 is 9.47 Å². The average Bonchev–Trinajstić information content (AvgIpc) is 3.11. The third-order valence-corrected chi connectivity index (χ3v) is 6.58. The van der Waals surface area contributed by atoms with Crippen molar-refractivity contribution in [1.82, 2.24) is 18.7 Å². The van der Waals surface area contributed by atoms with Crippen LogP contribution in [0.3, 0.4) is 0 Å². The maximum atomic E-state index is 13.0. The minimum absolute atomic E-state index is 0.256. The Morgan fingerprint density at radius 1 is 1.10 bits per heavy atom. The maximum Gasteiger partial charge on any atom is 0.332 e. The van der Waals surface area contributed by atoms with Gasteiger partial charge in [-0.15, -0.1) is 0 Å². The molecule has 7 nitrogen and oxygen atoms in total. The topological polar surface area (TPSA) is 66.3 Å². The fourth-order valence-corrected chi connectivity index (χ4v) is 4.67. The van der Waals surface area contributed by atoms with E-state index < -0.39 is 0 Å². The van der Waals surface area contributed by atoms with Gasteiger partial charge in [0, 0.05) is 20.6 Å². The van der Waals surface area contributed by atoms with Crippen molar-refractivity contribution in [2.75, 3.05) is 6.54 Å². The van der Waals surface area contributed by atoms with Gasteiger partial charge >= 0.3 is 5.69 Å². The van der Waals surface area contributed by atoms with Crippen molar-refractivity contribution in [3.8, 4) is 0 Å². The molecule has 0 spiro atoms. The van der Waals surface area contributed by atoms with Gasteiger partial charge in [-0.2, -0.15) is 0 Å². The molecule has 1 aromatic carbocycles. The van der Waals surface area contributed by atoms with Gasteiger partial charge in [0.25, 0.3) is 5.56 Å². The Balaban J connectivity index is 1.72. The fourth-order valence-electron chi connectivity index (χ4n) is 4.67. The molecule has 1 unspecified atom stereocenters. The predicted molar refractivity (Wildman–Crippen MR) is 118 cm³/mol. The monoisotopic (exact) mass is 410 g/mol. The first kappa shape index (κ1) is 20.6. The number of benzene rings is 1. The molecule has 0 radical (unpaired) electrons. The Labute approximate surface area is 176 Å². The first-order chi connectivity index (χ1) is 14.5. The molecule has 1 N–H and O–H groups in total. The first-order valence-electron chi connectivity index (χ1n) is 11.0. The van der Waals surface area contributed by atoms with Gasteiger partial charge in [0.2, 0.25) is 0 Å². The number of quaternary nitrogens is 1. The van der Waals surface area contributed by atoms with E-state index in [9.17, 15) is 9.59 Å². The van der Waals surface area contributed by atoms with E-state index in [0.717, 1.165) is 38.3 Å². The van der Waals surface area contributed by atoms with Gasteiger partial charge in [-0.3, -0.25) is 13.9 Å². The second-order valence-electron chi connectivity index (χ2n) is 8.63. The van der Waals surface area contributed by atoms with E-state index in [-0.39, 0.29) is 11.2 Å². The average molecular weight is 411 g/mol. The van der Waals surface area contributed by atoms with E-state index in [1.54, 1.807) is 14.1 Å². The Morgan fingerprint density at radius 3 is 2.60 bits per heavy atom. The summed E-state index contributed by atoms with van der Waals surface area (Å²) >= 11 is 0. The van der Waals surface area contributed by atoms with Crippen molar-refractivity contribution in [3.63, 3.8) is 0 Å². The summed E-state index contributed by atoms with van der Waals surface area (Å²) in [5.74, 6) is 0.917. The van der Waals surface area contributed by atoms with Crippen molar-refractivity contribution in [1.29, 1.82) is 0 Å². The third kappa shape index (κ3) is 3.86. The van der Waals surface area contributed by atoms with E-state index in [0.29, 0.717) is 17.2 Å². The fraction of sp³-hybridized carbons (Fsp3) is 0.522. The molecule has 1 aliphatic rings. The second kappa shape index (κ2) is 8.60. The largest absolute Gasteiger partial charge is 0.332 e. The molecule has 7 heteroatoms. The zero-order chi connectivity index (χ0) is 21.3. The van der Waals surface area contributed by atoms with Crippen LogP contribution in [-0.4, -0.2) is 31.3 Å². The smallest absolute Gasteiger partial charge is 0.326 e. The SMILES string of the molecule is C[C@H]1CCCC[NH+]1Cc1nc2c(c(=O)n(C)c(=O)n2C)n1CCCc1ccccc1. The predicted octanol–water partition coefficient (Wildman–Crippen LogP) is 1.02.